The Morgan fingerprint density at radius 3 is 2.28 bits per heavy atom. The van der Waals surface area contributed by atoms with Gasteiger partial charge in [0, 0.05) is 42.6 Å². The third kappa shape index (κ3) is 6.70. The second-order valence-electron chi connectivity index (χ2n) is 13.8. The van der Waals surface area contributed by atoms with Crippen LogP contribution in [0.3, 0.4) is 0 Å². The van der Waals surface area contributed by atoms with Gasteiger partial charge in [-0.05, 0) is 66.1 Å². The molecule has 14 nitrogen and oxygen atoms in total. The molecule has 1 saturated heterocycles. The zero-order chi connectivity index (χ0) is 36.7. The Balaban J connectivity index is 0.823. The maximum atomic E-state index is 13.2. The van der Waals surface area contributed by atoms with Crippen molar-refractivity contribution < 1.29 is 33.2 Å². The molecule has 4 heterocycles. The molecule has 1 unspecified atom stereocenters. The molecule has 4 amide bonds. The fraction of sp³-hybridized carbons (Fsp3) is 0.282. The zero-order valence-corrected chi connectivity index (χ0v) is 28.9. The number of piperidine rings is 1. The molecule has 8 rings (SSSR count). The number of anilines is 1. The summed E-state index contributed by atoms with van der Waals surface area (Å²) >= 11 is 0. The van der Waals surface area contributed by atoms with E-state index in [0.717, 1.165) is 40.4 Å². The highest BCUT2D eigenvalue weighted by molar-refractivity contribution is 6.23. The van der Waals surface area contributed by atoms with Crippen LogP contribution < -0.4 is 20.1 Å². The van der Waals surface area contributed by atoms with Crippen molar-refractivity contribution in [1.82, 2.24) is 30.3 Å². The number of rotatable bonds is 11. The van der Waals surface area contributed by atoms with Crippen molar-refractivity contribution in [3.63, 3.8) is 0 Å². The predicted molar refractivity (Wildman–Crippen MR) is 189 cm³/mol. The highest BCUT2D eigenvalue weighted by atomic mass is 16.5. The summed E-state index contributed by atoms with van der Waals surface area (Å²) in [6.07, 6.45) is 4.64. The maximum Gasteiger partial charge on any atom is 0.262 e. The number of benzene rings is 3. The first-order chi connectivity index (χ1) is 25.6. The number of hydrogen-bond acceptors (Lipinski definition) is 12. The molecule has 5 aromatic rings. The molecule has 0 radical (unpaired) electrons. The summed E-state index contributed by atoms with van der Waals surface area (Å²) in [5.74, 6) is 0.128. The fourth-order valence-electron chi connectivity index (χ4n) is 6.86. The largest absolute Gasteiger partial charge is 0.490 e. The van der Waals surface area contributed by atoms with Crippen molar-refractivity contribution in [3.8, 4) is 23.1 Å². The molecular formula is C39H35N7O7. The summed E-state index contributed by atoms with van der Waals surface area (Å²) < 4.78 is 17.0. The molecule has 2 aliphatic heterocycles. The molecule has 14 heteroatoms. The van der Waals surface area contributed by atoms with Crippen molar-refractivity contribution in [3.05, 3.63) is 113 Å². The third-order valence-corrected chi connectivity index (χ3v) is 10.0. The first-order valence-electron chi connectivity index (χ1n) is 17.3. The number of aromatic nitrogens is 4. The van der Waals surface area contributed by atoms with Crippen LogP contribution in [0.1, 0.15) is 77.1 Å². The van der Waals surface area contributed by atoms with E-state index in [-0.39, 0.29) is 48.1 Å². The van der Waals surface area contributed by atoms with Gasteiger partial charge in [-0.3, -0.25) is 29.4 Å². The van der Waals surface area contributed by atoms with Crippen molar-refractivity contribution >= 4 is 29.3 Å². The first-order valence-corrected chi connectivity index (χ1v) is 17.3. The first kappa shape index (κ1) is 33.7. The van der Waals surface area contributed by atoms with Gasteiger partial charge in [0.25, 0.3) is 11.8 Å². The van der Waals surface area contributed by atoms with Crippen molar-refractivity contribution in [2.24, 2.45) is 0 Å². The molecule has 2 N–H and O–H groups in total. The Bertz CT molecular complexity index is 2200. The monoisotopic (exact) mass is 713 g/mol. The van der Waals surface area contributed by atoms with Crippen LogP contribution >= 0.6 is 0 Å². The summed E-state index contributed by atoms with van der Waals surface area (Å²) in [6, 6.07) is 22.2. The smallest absolute Gasteiger partial charge is 0.262 e. The van der Waals surface area contributed by atoms with Gasteiger partial charge in [-0.25, -0.2) is 9.97 Å². The van der Waals surface area contributed by atoms with Crippen LogP contribution in [0.25, 0.3) is 11.6 Å². The summed E-state index contributed by atoms with van der Waals surface area (Å²) in [4.78, 5) is 63.7. The number of imide groups is 2. The summed E-state index contributed by atoms with van der Waals surface area (Å²) in [6.45, 7) is 4.62. The minimum absolute atomic E-state index is 0.0347. The summed E-state index contributed by atoms with van der Waals surface area (Å²) in [7, 11) is 0. The number of carbonyl (C=O) groups excluding carboxylic acids is 4. The molecule has 2 aromatic heterocycles. The Kier molecular flexibility index (Phi) is 8.64. The Labute approximate surface area is 303 Å². The van der Waals surface area contributed by atoms with E-state index >= 15 is 0 Å². The number of carbonyl (C=O) groups is 4. The number of amides is 4. The number of hydrogen-bond donors (Lipinski definition) is 2. The zero-order valence-electron chi connectivity index (χ0n) is 28.9. The Morgan fingerprint density at radius 2 is 1.58 bits per heavy atom. The van der Waals surface area contributed by atoms with Crippen LogP contribution in [0.4, 0.5) is 5.69 Å². The number of nitrogens with zero attached hydrogens (tertiary/aromatic N) is 5. The molecule has 0 bridgehead atoms. The minimum atomic E-state index is -0.990. The molecule has 53 heavy (non-hydrogen) atoms. The standard InChI is InChI=1S/C39H35N7O7/c1-39(2,22-3-8-27(9-4-22)51-20-25-15-16-40-34(43-25)35-41-21-52-45-35)23-5-10-28(11-6-23)53-29-17-26(18-29)42-24-7-12-30-31(19-24)38(50)46(37(30)49)32-13-14-33(47)44-36(32)48/h3-12,15-16,19,21,26,29,32,42H,13-14,17-18,20H2,1-2H3,(H,44,47,48)/t26-,29-,32?. The quantitative estimate of drug-likeness (QED) is 0.178. The second kappa shape index (κ2) is 13.6. The average molecular weight is 714 g/mol. The highest BCUT2D eigenvalue weighted by Gasteiger charge is 2.45. The molecule has 0 spiro atoms. The van der Waals surface area contributed by atoms with E-state index in [2.05, 4.69) is 68.9 Å². The molecule has 1 atom stereocenters. The lowest BCUT2D eigenvalue weighted by Crippen LogP contribution is -2.54. The lowest BCUT2D eigenvalue weighted by molar-refractivity contribution is -0.136. The van der Waals surface area contributed by atoms with E-state index < -0.39 is 29.7 Å². The van der Waals surface area contributed by atoms with Gasteiger partial charge in [-0.2, -0.15) is 4.98 Å². The fourth-order valence-corrected chi connectivity index (χ4v) is 6.86. The van der Waals surface area contributed by atoms with Crippen LogP contribution in [0.5, 0.6) is 11.5 Å². The summed E-state index contributed by atoms with van der Waals surface area (Å²) in [5, 5.41) is 9.43. The Morgan fingerprint density at radius 1 is 0.868 bits per heavy atom. The van der Waals surface area contributed by atoms with Crippen LogP contribution in [-0.2, 0) is 21.6 Å². The molecule has 3 aromatic carbocycles. The second-order valence-corrected chi connectivity index (χ2v) is 13.8. The van der Waals surface area contributed by atoms with Gasteiger partial charge in [0.1, 0.15) is 30.3 Å². The van der Waals surface area contributed by atoms with E-state index in [1.165, 1.54) is 6.39 Å². The molecule has 3 aliphatic rings. The van der Waals surface area contributed by atoms with Gasteiger partial charge in [0.15, 0.2) is 0 Å². The van der Waals surface area contributed by atoms with E-state index in [0.29, 0.717) is 23.0 Å². The lowest BCUT2D eigenvalue weighted by Gasteiger charge is -2.36. The van der Waals surface area contributed by atoms with Crippen LogP contribution in [-0.4, -0.2) is 66.8 Å². The van der Waals surface area contributed by atoms with E-state index in [9.17, 15) is 19.2 Å². The van der Waals surface area contributed by atoms with Gasteiger partial charge in [-0.1, -0.05) is 43.3 Å². The number of ether oxygens (including phenoxy) is 2. The van der Waals surface area contributed by atoms with Crippen LogP contribution in [0.2, 0.25) is 0 Å². The molecule has 1 aliphatic carbocycles. The van der Waals surface area contributed by atoms with E-state index in [1.54, 1.807) is 30.5 Å². The van der Waals surface area contributed by atoms with Gasteiger partial charge in [0.2, 0.25) is 29.9 Å². The third-order valence-electron chi connectivity index (χ3n) is 10.0. The van der Waals surface area contributed by atoms with E-state index in [1.807, 2.05) is 24.3 Å². The summed E-state index contributed by atoms with van der Waals surface area (Å²) in [5.41, 5.74) is 3.92. The van der Waals surface area contributed by atoms with Crippen molar-refractivity contribution in [2.45, 2.75) is 69.7 Å². The van der Waals surface area contributed by atoms with Crippen molar-refractivity contribution in [2.75, 3.05) is 5.32 Å². The van der Waals surface area contributed by atoms with Gasteiger partial charge in [0.05, 0.1) is 16.8 Å². The topological polar surface area (TPSA) is 179 Å². The number of fused-ring (bicyclic) bond motifs is 1. The van der Waals surface area contributed by atoms with Gasteiger partial charge in [-0.15, -0.1) is 0 Å². The van der Waals surface area contributed by atoms with Crippen LogP contribution in [0.15, 0.2) is 89.9 Å². The lowest BCUT2D eigenvalue weighted by atomic mass is 9.78. The SMILES string of the molecule is CC(C)(c1ccc(OCc2ccnc(-c3ncon3)n2)cc1)c1ccc(O[C@H]2C[C@H](Nc3ccc4c(c3)C(=O)N(C3CCC(=O)NC3=O)C4=O)C2)cc1. The van der Waals surface area contributed by atoms with E-state index in [4.69, 9.17) is 14.0 Å². The molecule has 268 valence electrons. The predicted octanol–water partition coefficient (Wildman–Crippen LogP) is 4.85. The average Bonchev–Trinajstić information content (AvgIpc) is 3.77. The normalized spacial score (nSPS) is 19.7. The van der Waals surface area contributed by atoms with Gasteiger partial charge >= 0.3 is 0 Å². The Hall–Kier alpha value is -6.44. The molecular weight excluding hydrogens is 678 g/mol. The van der Waals surface area contributed by atoms with Gasteiger partial charge < -0.3 is 19.3 Å². The van der Waals surface area contributed by atoms with Crippen LogP contribution in [0, 0.1) is 0 Å². The van der Waals surface area contributed by atoms with Crippen molar-refractivity contribution in [1.29, 1.82) is 0 Å². The molecule has 1 saturated carbocycles. The molecule has 2 fully saturated rings. The maximum absolute atomic E-state index is 13.2. The minimum Gasteiger partial charge on any atom is -0.490 e. The number of nitrogens with one attached hydrogen (secondary N) is 2. The highest BCUT2D eigenvalue weighted by Crippen LogP contribution is 2.36.